The fourth-order valence-electron chi connectivity index (χ4n) is 3.01. The Morgan fingerprint density at radius 2 is 2.00 bits per heavy atom. The third-order valence-electron chi connectivity index (χ3n) is 5.00. The van der Waals surface area contributed by atoms with Crippen molar-refractivity contribution in [1.29, 1.82) is 0 Å². The van der Waals surface area contributed by atoms with Crippen LogP contribution in [0, 0.1) is 18.7 Å². The van der Waals surface area contributed by atoms with Gasteiger partial charge >= 0.3 is 5.97 Å². The second kappa shape index (κ2) is 8.51. The van der Waals surface area contributed by atoms with Gasteiger partial charge in [0.2, 0.25) is 0 Å². The molecule has 1 amide bonds. The van der Waals surface area contributed by atoms with Gasteiger partial charge in [0.05, 0.1) is 23.6 Å². The van der Waals surface area contributed by atoms with Crippen molar-refractivity contribution in [3.8, 4) is 17.0 Å². The van der Waals surface area contributed by atoms with Crippen molar-refractivity contribution in [3.63, 3.8) is 0 Å². The van der Waals surface area contributed by atoms with Crippen LogP contribution in [-0.2, 0) is 0 Å². The summed E-state index contributed by atoms with van der Waals surface area (Å²) in [6.45, 7) is 2.10. The fraction of sp³-hybridized carbons (Fsp3) is 0.217. The molecule has 158 valence electrons. The minimum Gasteiger partial charge on any atom is -0.490 e. The van der Waals surface area contributed by atoms with Crippen molar-refractivity contribution in [1.82, 2.24) is 9.97 Å². The number of carbonyl (C=O) groups excluding carboxylic acids is 1. The minimum absolute atomic E-state index is 0.0635. The van der Waals surface area contributed by atoms with E-state index < -0.39 is 17.7 Å². The molecule has 4 rings (SSSR count). The predicted octanol–water partition coefficient (Wildman–Crippen LogP) is 4.33. The molecule has 1 aromatic carbocycles. The van der Waals surface area contributed by atoms with Crippen molar-refractivity contribution in [2.75, 3.05) is 11.9 Å². The normalized spacial score (nSPS) is 13.0. The van der Waals surface area contributed by atoms with Gasteiger partial charge in [-0.3, -0.25) is 14.8 Å². The molecule has 1 saturated carbocycles. The summed E-state index contributed by atoms with van der Waals surface area (Å²) < 4.78 is 19.7. The maximum Gasteiger partial charge on any atom is 0.337 e. The van der Waals surface area contributed by atoms with Crippen molar-refractivity contribution in [3.05, 3.63) is 71.4 Å². The van der Waals surface area contributed by atoms with E-state index in [1.807, 2.05) is 0 Å². The SMILES string of the molecule is Cc1ncc(-c2cc(C(=O)Nc3ccc(OCC4CC4)c(F)c3)ccn2)cc1C(=O)O. The number of nitrogens with zero attached hydrogens (tertiary/aromatic N) is 2. The molecule has 0 bridgehead atoms. The highest BCUT2D eigenvalue weighted by atomic mass is 19.1. The second-order valence-electron chi connectivity index (χ2n) is 7.45. The first-order chi connectivity index (χ1) is 14.9. The van der Waals surface area contributed by atoms with Crippen molar-refractivity contribution >= 4 is 17.6 Å². The molecule has 7 nitrogen and oxygen atoms in total. The van der Waals surface area contributed by atoms with E-state index in [1.54, 1.807) is 13.0 Å². The van der Waals surface area contributed by atoms with E-state index in [-0.39, 0.29) is 16.9 Å². The molecule has 0 unspecified atom stereocenters. The first kappa shape index (κ1) is 20.5. The maximum absolute atomic E-state index is 14.3. The number of halogens is 1. The van der Waals surface area contributed by atoms with Crippen LogP contribution in [0.2, 0.25) is 0 Å². The largest absolute Gasteiger partial charge is 0.490 e. The highest BCUT2D eigenvalue weighted by Gasteiger charge is 2.22. The number of carboxylic acid groups (broad SMARTS) is 1. The summed E-state index contributed by atoms with van der Waals surface area (Å²) in [5.74, 6) is -1.41. The Kier molecular flexibility index (Phi) is 5.62. The molecule has 0 saturated heterocycles. The molecule has 8 heteroatoms. The Balaban J connectivity index is 1.50. The number of nitrogens with one attached hydrogen (secondary N) is 1. The lowest BCUT2D eigenvalue weighted by molar-refractivity contribution is 0.0695. The van der Waals surface area contributed by atoms with E-state index in [9.17, 15) is 19.1 Å². The van der Waals surface area contributed by atoms with Gasteiger partial charge in [-0.05, 0) is 56.0 Å². The minimum atomic E-state index is -1.09. The van der Waals surface area contributed by atoms with Gasteiger partial charge in [0.15, 0.2) is 11.6 Å². The number of ether oxygens (including phenoxy) is 1. The summed E-state index contributed by atoms with van der Waals surface area (Å²) in [6, 6.07) is 8.79. The third kappa shape index (κ3) is 4.85. The first-order valence-corrected chi connectivity index (χ1v) is 9.81. The lowest BCUT2D eigenvalue weighted by Crippen LogP contribution is -2.12. The van der Waals surface area contributed by atoms with Gasteiger partial charge in [0, 0.05) is 35.3 Å². The number of benzene rings is 1. The molecule has 3 aromatic rings. The topological polar surface area (TPSA) is 101 Å². The van der Waals surface area contributed by atoms with Gasteiger partial charge in [0.1, 0.15) is 0 Å². The number of aromatic nitrogens is 2. The highest BCUT2D eigenvalue weighted by molar-refractivity contribution is 6.04. The number of carbonyl (C=O) groups is 2. The Labute approximate surface area is 177 Å². The Morgan fingerprint density at radius 1 is 1.19 bits per heavy atom. The van der Waals surface area contributed by atoms with E-state index in [0.717, 1.165) is 12.8 Å². The monoisotopic (exact) mass is 421 g/mol. The number of anilines is 1. The van der Waals surface area contributed by atoms with Crippen LogP contribution in [0.4, 0.5) is 10.1 Å². The van der Waals surface area contributed by atoms with Crippen LogP contribution in [-0.4, -0.2) is 33.6 Å². The second-order valence-corrected chi connectivity index (χ2v) is 7.45. The predicted molar refractivity (Wildman–Crippen MR) is 112 cm³/mol. The quantitative estimate of drug-likeness (QED) is 0.589. The molecular formula is C23H20FN3O4. The van der Waals surface area contributed by atoms with Gasteiger partial charge in [-0.1, -0.05) is 0 Å². The van der Waals surface area contributed by atoms with Crippen LogP contribution in [0.1, 0.15) is 39.3 Å². The lowest BCUT2D eigenvalue weighted by Gasteiger charge is -2.10. The first-order valence-electron chi connectivity index (χ1n) is 9.81. The summed E-state index contributed by atoms with van der Waals surface area (Å²) in [5.41, 5.74) is 1.91. The molecule has 2 heterocycles. The van der Waals surface area contributed by atoms with Gasteiger partial charge in [-0.25, -0.2) is 9.18 Å². The molecule has 1 aliphatic carbocycles. The van der Waals surface area contributed by atoms with E-state index >= 15 is 0 Å². The van der Waals surface area contributed by atoms with Gasteiger partial charge < -0.3 is 15.2 Å². The van der Waals surface area contributed by atoms with E-state index in [0.29, 0.717) is 35.2 Å². The molecule has 0 aliphatic heterocycles. The summed E-state index contributed by atoms with van der Waals surface area (Å²) in [5, 5.41) is 11.9. The molecule has 1 aliphatic rings. The Bertz CT molecular complexity index is 1160. The van der Waals surface area contributed by atoms with E-state index in [1.165, 1.54) is 42.7 Å². The molecule has 31 heavy (non-hydrogen) atoms. The van der Waals surface area contributed by atoms with Gasteiger partial charge in [0.25, 0.3) is 5.91 Å². The molecular weight excluding hydrogens is 401 g/mol. The van der Waals surface area contributed by atoms with Crippen LogP contribution in [0.25, 0.3) is 11.3 Å². The smallest absolute Gasteiger partial charge is 0.337 e. The number of pyridine rings is 2. The van der Waals surface area contributed by atoms with E-state index in [4.69, 9.17) is 4.74 Å². The molecule has 1 fully saturated rings. The zero-order valence-corrected chi connectivity index (χ0v) is 16.8. The van der Waals surface area contributed by atoms with Crippen LogP contribution < -0.4 is 10.1 Å². The summed E-state index contributed by atoms with van der Waals surface area (Å²) in [6.07, 6.45) is 5.17. The van der Waals surface area contributed by atoms with Gasteiger partial charge in [-0.15, -0.1) is 0 Å². The van der Waals surface area contributed by atoms with Crippen molar-refractivity contribution in [2.24, 2.45) is 5.92 Å². The number of aromatic carboxylic acids is 1. The average molecular weight is 421 g/mol. The Morgan fingerprint density at radius 3 is 2.71 bits per heavy atom. The third-order valence-corrected chi connectivity index (χ3v) is 5.00. The number of aryl methyl sites for hydroxylation is 1. The van der Waals surface area contributed by atoms with Gasteiger partial charge in [-0.2, -0.15) is 0 Å². The van der Waals surface area contributed by atoms with E-state index in [2.05, 4.69) is 15.3 Å². The Hall–Kier alpha value is -3.81. The summed E-state index contributed by atoms with van der Waals surface area (Å²) in [7, 11) is 0. The van der Waals surface area contributed by atoms with Crippen molar-refractivity contribution in [2.45, 2.75) is 19.8 Å². The molecule has 0 atom stereocenters. The molecule has 2 aromatic heterocycles. The van der Waals surface area contributed by atoms with Crippen LogP contribution in [0.3, 0.4) is 0 Å². The fourth-order valence-corrected chi connectivity index (χ4v) is 3.01. The number of hydrogen-bond acceptors (Lipinski definition) is 5. The maximum atomic E-state index is 14.3. The highest BCUT2D eigenvalue weighted by Crippen LogP contribution is 2.30. The zero-order valence-electron chi connectivity index (χ0n) is 16.8. The van der Waals surface area contributed by atoms with Crippen LogP contribution in [0.15, 0.2) is 48.8 Å². The molecule has 0 spiro atoms. The number of hydrogen-bond donors (Lipinski definition) is 2. The van der Waals surface area contributed by atoms with Crippen LogP contribution >= 0.6 is 0 Å². The number of rotatable bonds is 7. The lowest BCUT2D eigenvalue weighted by atomic mass is 10.1. The average Bonchev–Trinajstić information content (AvgIpc) is 3.58. The molecule has 2 N–H and O–H groups in total. The zero-order chi connectivity index (χ0) is 22.0. The summed E-state index contributed by atoms with van der Waals surface area (Å²) in [4.78, 5) is 32.3. The number of amides is 1. The standard InChI is InChI=1S/C23H20FN3O4/c1-13-18(23(29)30)8-16(11-26-13)20-9-15(6-7-25-20)22(28)27-17-4-5-21(19(24)10-17)31-12-14-2-3-14/h4-11,14H,2-3,12H2,1H3,(H,27,28)(H,29,30). The van der Waals surface area contributed by atoms with Crippen molar-refractivity contribution < 1.29 is 23.8 Å². The summed E-state index contributed by atoms with van der Waals surface area (Å²) >= 11 is 0. The van der Waals surface area contributed by atoms with Crippen LogP contribution in [0.5, 0.6) is 5.75 Å². The number of carboxylic acids is 1. The molecule has 0 radical (unpaired) electrons.